The first kappa shape index (κ1) is 36.1. The fourth-order valence-electron chi connectivity index (χ4n) is 10.4. The molecule has 2 nitrogen and oxygen atoms in total. The molecular weight excluding hydrogens is 687 g/mol. The van der Waals surface area contributed by atoms with Crippen molar-refractivity contribution in [3.63, 3.8) is 0 Å². The van der Waals surface area contributed by atoms with Gasteiger partial charge in [0, 0.05) is 44.5 Å². The van der Waals surface area contributed by atoms with Crippen molar-refractivity contribution in [3.8, 4) is 28.1 Å². The number of aryl methyl sites for hydroxylation is 1. The molecule has 0 unspecified atom stereocenters. The second-order valence-electron chi connectivity index (χ2n) is 20.8. The predicted molar refractivity (Wildman–Crippen MR) is 246 cm³/mol. The zero-order valence-electron chi connectivity index (χ0n) is 35.9. The molecule has 0 saturated carbocycles. The molecule has 2 aliphatic heterocycles. The molecule has 0 saturated heterocycles. The van der Waals surface area contributed by atoms with E-state index in [1.807, 2.05) is 0 Å². The summed E-state index contributed by atoms with van der Waals surface area (Å²) >= 11 is 0. The van der Waals surface area contributed by atoms with Crippen LogP contribution >= 0.6 is 0 Å². The lowest BCUT2D eigenvalue weighted by Gasteiger charge is -2.42. The summed E-state index contributed by atoms with van der Waals surface area (Å²) < 4.78 is 2.69. The molecule has 0 N–H and O–H groups in total. The Kier molecular flexibility index (Phi) is 7.38. The van der Waals surface area contributed by atoms with E-state index >= 15 is 0 Å². The van der Waals surface area contributed by atoms with Crippen LogP contribution in [0.2, 0.25) is 0 Å². The lowest BCUT2D eigenvalue weighted by atomic mass is 9.33. The zero-order valence-corrected chi connectivity index (χ0v) is 35.9. The molecule has 10 rings (SSSR count). The number of aromatic nitrogens is 1. The minimum absolute atomic E-state index is 0.00752. The third kappa shape index (κ3) is 5.10. The van der Waals surface area contributed by atoms with Crippen molar-refractivity contribution < 1.29 is 0 Å². The van der Waals surface area contributed by atoms with Gasteiger partial charge in [0.2, 0.25) is 0 Å². The zero-order chi connectivity index (χ0) is 40.1. The molecule has 3 heterocycles. The van der Waals surface area contributed by atoms with Gasteiger partial charge in [0.05, 0.1) is 11.4 Å². The Labute approximate surface area is 340 Å². The first-order chi connectivity index (χ1) is 26.9. The number of fused-ring (bicyclic) bond motifs is 9. The van der Waals surface area contributed by atoms with Crippen LogP contribution in [0.25, 0.3) is 39.0 Å². The molecule has 0 amide bonds. The van der Waals surface area contributed by atoms with Gasteiger partial charge in [-0.25, -0.2) is 0 Å². The highest BCUT2D eigenvalue weighted by Crippen LogP contribution is 2.55. The maximum atomic E-state index is 2.69. The van der Waals surface area contributed by atoms with Gasteiger partial charge in [-0.2, -0.15) is 0 Å². The molecule has 6 aromatic carbocycles. The summed E-state index contributed by atoms with van der Waals surface area (Å²) in [5, 5.41) is 1.40. The third-order valence-electron chi connectivity index (χ3n) is 13.4. The molecule has 3 heteroatoms. The first-order valence-corrected chi connectivity index (χ1v) is 21.0. The summed E-state index contributed by atoms with van der Waals surface area (Å²) in [5.74, 6) is 0. The van der Waals surface area contributed by atoms with E-state index < -0.39 is 0 Å². The van der Waals surface area contributed by atoms with Gasteiger partial charge in [-0.1, -0.05) is 155 Å². The maximum Gasteiger partial charge on any atom is 0.252 e. The van der Waals surface area contributed by atoms with Gasteiger partial charge < -0.3 is 9.47 Å². The molecule has 7 aromatic rings. The van der Waals surface area contributed by atoms with E-state index in [9.17, 15) is 0 Å². The van der Waals surface area contributed by atoms with E-state index in [1.54, 1.807) is 0 Å². The third-order valence-corrected chi connectivity index (χ3v) is 13.4. The summed E-state index contributed by atoms with van der Waals surface area (Å²) in [5.41, 5.74) is 23.9. The minimum Gasteiger partial charge on any atom is -0.311 e. The topological polar surface area (TPSA) is 8.17 Å². The Balaban J connectivity index is 1.38. The molecule has 0 spiro atoms. The molecule has 3 aliphatic rings. The highest BCUT2D eigenvalue weighted by molar-refractivity contribution is 7.00. The highest BCUT2D eigenvalue weighted by atomic mass is 15.2. The lowest BCUT2D eigenvalue weighted by Crippen LogP contribution is -2.60. The number of hydrogen-bond acceptors (Lipinski definition) is 1. The average molecular weight is 743 g/mol. The SMILES string of the molecule is Cc1cc2c3c(c1)-n1c4c(c5cc(C(C)(C)C)cc(c51)B3c1ccc(C(C)(C)C)cc1N2c1ccc(C(C)(C)C)cc1-c1ccccc1)C(C)(C)c1ccccc1-4. The van der Waals surface area contributed by atoms with Gasteiger partial charge in [-0.15, -0.1) is 0 Å². The molecule has 1 aliphatic carbocycles. The number of hydrogen-bond donors (Lipinski definition) is 0. The molecule has 284 valence electrons. The van der Waals surface area contributed by atoms with Gasteiger partial charge >= 0.3 is 0 Å². The van der Waals surface area contributed by atoms with E-state index in [0.29, 0.717) is 0 Å². The van der Waals surface area contributed by atoms with Crippen molar-refractivity contribution >= 4 is 51.1 Å². The van der Waals surface area contributed by atoms with E-state index in [-0.39, 0.29) is 28.4 Å². The van der Waals surface area contributed by atoms with Gasteiger partial charge in [-0.05, 0) is 115 Å². The van der Waals surface area contributed by atoms with Crippen LogP contribution in [0.5, 0.6) is 0 Å². The smallest absolute Gasteiger partial charge is 0.252 e. The molecule has 0 bridgehead atoms. The number of benzene rings is 6. The maximum absolute atomic E-state index is 2.69. The second-order valence-corrected chi connectivity index (χ2v) is 20.8. The number of nitrogens with zero attached hydrogens (tertiary/aromatic N) is 2. The summed E-state index contributed by atoms with van der Waals surface area (Å²) in [6.45, 7) is 28.4. The number of rotatable bonds is 2. The predicted octanol–water partition coefficient (Wildman–Crippen LogP) is 12.4. The highest BCUT2D eigenvalue weighted by Gasteiger charge is 2.48. The van der Waals surface area contributed by atoms with Crippen molar-refractivity contribution in [2.24, 2.45) is 0 Å². The Hall–Kier alpha value is -5.28. The molecule has 1 aromatic heterocycles. The Morgan fingerprint density at radius 1 is 0.526 bits per heavy atom. The fraction of sp³-hybridized carbons (Fsp3) is 0.296. The van der Waals surface area contributed by atoms with Gasteiger partial charge in [0.25, 0.3) is 6.71 Å². The normalized spacial score (nSPS) is 15.1. The Bertz CT molecular complexity index is 2830. The van der Waals surface area contributed by atoms with Crippen LogP contribution in [0.15, 0.2) is 115 Å². The van der Waals surface area contributed by atoms with Crippen LogP contribution in [0.3, 0.4) is 0 Å². The Morgan fingerprint density at radius 2 is 1.16 bits per heavy atom. The minimum atomic E-state index is -0.138. The molecule has 0 atom stereocenters. The monoisotopic (exact) mass is 742 g/mol. The molecular formula is C54H55BN2. The Morgan fingerprint density at radius 3 is 1.86 bits per heavy atom. The summed E-state index contributed by atoms with van der Waals surface area (Å²) in [6, 6.07) is 44.9. The standard InChI is InChI=1S/C54H55BN2/c1-32-26-45-48-46(27-32)57-49-39(47-50(57)37-20-16-17-21-40(37)54(47,11)12)29-36(53(8,9)10)30-42(49)55(48)41-24-22-35(52(5,6)7)31-44(41)56(45)43-25-23-34(51(2,3)4)28-38(43)33-18-14-13-15-19-33/h13-31H,1-12H3. The lowest BCUT2D eigenvalue weighted by molar-refractivity contribution is 0.590. The van der Waals surface area contributed by atoms with Crippen molar-refractivity contribution in [2.75, 3.05) is 4.90 Å². The average Bonchev–Trinajstić information content (AvgIpc) is 3.62. The summed E-state index contributed by atoms with van der Waals surface area (Å²) in [6.07, 6.45) is 0. The molecule has 0 radical (unpaired) electrons. The first-order valence-electron chi connectivity index (χ1n) is 21.0. The van der Waals surface area contributed by atoms with Crippen LogP contribution in [0, 0.1) is 6.92 Å². The van der Waals surface area contributed by atoms with Gasteiger partial charge in [0.1, 0.15) is 0 Å². The van der Waals surface area contributed by atoms with Crippen molar-refractivity contribution in [3.05, 3.63) is 149 Å². The van der Waals surface area contributed by atoms with E-state index in [2.05, 4.69) is 208 Å². The van der Waals surface area contributed by atoms with Crippen LogP contribution in [0.1, 0.15) is 110 Å². The molecule has 0 fully saturated rings. The molecule has 57 heavy (non-hydrogen) atoms. The summed E-state index contributed by atoms with van der Waals surface area (Å²) in [4.78, 5) is 2.64. The van der Waals surface area contributed by atoms with Gasteiger partial charge in [0.15, 0.2) is 0 Å². The second kappa shape index (κ2) is 11.7. The largest absolute Gasteiger partial charge is 0.311 e. The van der Waals surface area contributed by atoms with Crippen LogP contribution in [0.4, 0.5) is 17.1 Å². The van der Waals surface area contributed by atoms with Crippen molar-refractivity contribution in [1.82, 2.24) is 4.57 Å². The van der Waals surface area contributed by atoms with E-state index in [0.717, 1.165) is 0 Å². The van der Waals surface area contributed by atoms with Crippen molar-refractivity contribution in [1.29, 1.82) is 0 Å². The van der Waals surface area contributed by atoms with E-state index in [1.165, 1.54) is 106 Å². The van der Waals surface area contributed by atoms with Crippen LogP contribution in [-0.2, 0) is 21.7 Å². The fourth-order valence-corrected chi connectivity index (χ4v) is 10.4. The number of anilines is 3. The van der Waals surface area contributed by atoms with Gasteiger partial charge in [-0.3, -0.25) is 0 Å². The van der Waals surface area contributed by atoms with Crippen LogP contribution in [-0.4, -0.2) is 11.3 Å². The summed E-state index contributed by atoms with van der Waals surface area (Å²) in [7, 11) is 0. The van der Waals surface area contributed by atoms with Crippen LogP contribution < -0.4 is 21.3 Å². The quantitative estimate of drug-likeness (QED) is 0.160. The van der Waals surface area contributed by atoms with E-state index in [4.69, 9.17) is 0 Å². The van der Waals surface area contributed by atoms with Crippen molar-refractivity contribution in [2.45, 2.75) is 105 Å².